The Kier molecular flexibility index (Phi) is 4.01. The van der Waals surface area contributed by atoms with Gasteiger partial charge in [0.05, 0.1) is 36.2 Å². The second-order valence-electron chi connectivity index (χ2n) is 6.97. The van der Waals surface area contributed by atoms with E-state index >= 15 is 0 Å². The molecule has 1 aliphatic heterocycles. The van der Waals surface area contributed by atoms with E-state index in [1.807, 2.05) is 25.3 Å². The second-order valence-corrected chi connectivity index (χ2v) is 6.97. The van der Waals surface area contributed by atoms with Crippen LogP contribution in [0.15, 0.2) is 55.2 Å². The molecule has 0 spiro atoms. The largest absolute Gasteiger partial charge is 0.442 e. The zero-order chi connectivity index (χ0) is 20.0. The number of aromatic nitrogens is 5. The number of benzene rings is 1. The summed E-state index contributed by atoms with van der Waals surface area (Å²) in [7, 11) is 0. The first-order valence-corrected chi connectivity index (χ1v) is 9.14. The number of fused-ring (bicyclic) bond motifs is 1. The van der Waals surface area contributed by atoms with Gasteiger partial charge in [-0.3, -0.25) is 9.88 Å². The Morgan fingerprint density at radius 1 is 1.24 bits per heavy atom. The summed E-state index contributed by atoms with van der Waals surface area (Å²) in [5.41, 5.74) is 2.45. The maximum Gasteiger partial charge on any atom is 0.414 e. The minimum Gasteiger partial charge on any atom is -0.442 e. The van der Waals surface area contributed by atoms with E-state index in [0.29, 0.717) is 24.5 Å². The molecule has 0 radical (unpaired) electrons. The van der Waals surface area contributed by atoms with E-state index in [1.165, 1.54) is 11.0 Å². The molecule has 9 heteroatoms. The number of pyridine rings is 1. The summed E-state index contributed by atoms with van der Waals surface area (Å²) in [6.45, 7) is 2.55. The SMILES string of the molecule is Cc1cc(-n2cc3cccnc3c2)c(F)cc1N1C[C@H](Cn2ccnn2)OC1=O. The van der Waals surface area contributed by atoms with Gasteiger partial charge < -0.3 is 9.30 Å². The van der Waals surface area contributed by atoms with Crippen LogP contribution in [0, 0.1) is 12.7 Å². The van der Waals surface area contributed by atoms with Gasteiger partial charge in [-0.15, -0.1) is 5.10 Å². The van der Waals surface area contributed by atoms with Gasteiger partial charge in [-0.25, -0.2) is 13.9 Å². The molecule has 8 nitrogen and oxygen atoms in total. The number of nitrogens with zero attached hydrogens (tertiary/aromatic N) is 6. The van der Waals surface area contributed by atoms with Crippen LogP contribution in [0.25, 0.3) is 16.6 Å². The molecular formula is C20H17FN6O2. The van der Waals surface area contributed by atoms with Gasteiger partial charge in [0.15, 0.2) is 0 Å². The lowest BCUT2D eigenvalue weighted by Gasteiger charge is -2.18. The summed E-state index contributed by atoms with van der Waals surface area (Å²) < 4.78 is 23.7. The number of anilines is 1. The minimum absolute atomic E-state index is 0.315. The predicted molar refractivity (Wildman–Crippen MR) is 103 cm³/mol. The molecule has 0 bridgehead atoms. The number of hydrogen-bond acceptors (Lipinski definition) is 5. The number of hydrogen-bond donors (Lipinski definition) is 0. The van der Waals surface area contributed by atoms with Crippen molar-refractivity contribution in [2.75, 3.05) is 11.4 Å². The van der Waals surface area contributed by atoms with Crippen molar-refractivity contribution in [1.29, 1.82) is 0 Å². The molecule has 0 N–H and O–H groups in total. The summed E-state index contributed by atoms with van der Waals surface area (Å²) >= 11 is 0. The number of carbonyl (C=O) groups is 1. The first kappa shape index (κ1) is 17.4. The van der Waals surface area contributed by atoms with Gasteiger partial charge in [0.25, 0.3) is 0 Å². The molecule has 0 aliphatic carbocycles. The highest BCUT2D eigenvalue weighted by Gasteiger charge is 2.34. The zero-order valence-corrected chi connectivity index (χ0v) is 15.6. The van der Waals surface area contributed by atoms with E-state index in [4.69, 9.17) is 4.74 Å². The smallest absolute Gasteiger partial charge is 0.414 e. The highest BCUT2D eigenvalue weighted by atomic mass is 19.1. The first-order chi connectivity index (χ1) is 14.1. The Morgan fingerprint density at radius 2 is 2.14 bits per heavy atom. The van der Waals surface area contributed by atoms with Crippen molar-refractivity contribution in [3.63, 3.8) is 0 Å². The normalized spacial score (nSPS) is 16.6. The van der Waals surface area contributed by atoms with Crippen molar-refractivity contribution >= 4 is 22.7 Å². The van der Waals surface area contributed by atoms with Crippen molar-refractivity contribution in [3.8, 4) is 5.69 Å². The fourth-order valence-corrected chi connectivity index (χ4v) is 3.60. The van der Waals surface area contributed by atoms with Crippen LogP contribution in [0.4, 0.5) is 14.9 Å². The van der Waals surface area contributed by atoms with E-state index in [9.17, 15) is 9.18 Å². The van der Waals surface area contributed by atoms with Crippen molar-refractivity contribution in [2.45, 2.75) is 19.6 Å². The number of rotatable bonds is 4. The molecule has 1 fully saturated rings. The van der Waals surface area contributed by atoms with Crippen LogP contribution in [-0.4, -0.2) is 43.3 Å². The average molecular weight is 392 g/mol. The standard InChI is InChI=1S/C20H17FN6O2/c1-13-7-19(25-9-14-3-2-4-22-17(14)12-25)16(21)8-18(13)27-11-15(29-20(27)28)10-26-6-5-23-24-26/h2-9,12,15H,10-11H2,1H3/t15-/m0/s1. The topological polar surface area (TPSA) is 78.1 Å². The predicted octanol–water partition coefficient (Wildman–Crippen LogP) is 3.09. The summed E-state index contributed by atoms with van der Waals surface area (Å²) in [5, 5.41) is 8.55. The quantitative estimate of drug-likeness (QED) is 0.533. The minimum atomic E-state index is -0.499. The average Bonchev–Trinajstić information content (AvgIpc) is 3.43. The van der Waals surface area contributed by atoms with Crippen molar-refractivity contribution in [2.24, 2.45) is 0 Å². The lowest BCUT2D eigenvalue weighted by molar-refractivity contribution is 0.129. The summed E-state index contributed by atoms with van der Waals surface area (Å²) in [6.07, 6.45) is 7.70. The summed E-state index contributed by atoms with van der Waals surface area (Å²) in [5.74, 6) is -0.432. The molecule has 1 aromatic carbocycles. The van der Waals surface area contributed by atoms with Crippen LogP contribution in [0.5, 0.6) is 0 Å². The van der Waals surface area contributed by atoms with Gasteiger partial charge in [-0.05, 0) is 30.7 Å². The van der Waals surface area contributed by atoms with Gasteiger partial charge in [-0.1, -0.05) is 5.21 Å². The number of aryl methyl sites for hydroxylation is 1. The Bertz CT molecular complexity index is 1170. The van der Waals surface area contributed by atoms with Crippen molar-refractivity contribution in [1.82, 2.24) is 24.5 Å². The molecule has 4 aromatic rings. The van der Waals surface area contributed by atoms with E-state index in [1.54, 1.807) is 40.1 Å². The third-order valence-corrected chi connectivity index (χ3v) is 4.98. The van der Waals surface area contributed by atoms with Gasteiger partial charge in [-0.2, -0.15) is 0 Å². The van der Waals surface area contributed by atoms with Crippen LogP contribution in [0.3, 0.4) is 0 Å². The highest BCUT2D eigenvalue weighted by Crippen LogP contribution is 2.30. The van der Waals surface area contributed by atoms with Crippen LogP contribution in [-0.2, 0) is 11.3 Å². The molecule has 1 atom stereocenters. The third-order valence-electron chi connectivity index (χ3n) is 4.98. The monoisotopic (exact) mass is 392 g/mol. The highest BCUT2D eigenvalue weighted by molar-refractivity contribution is 5.91. The first-order valence-electron chi connectivity index (χ1n) is 9.14. The van der Waals surface area contributed by atoms with Gasteiger partial charge in [0.2, 0.25) is 0 Å². The Hall–Kier alpha value is -3.75. The fourth-order valence-electron chi connectivity index (χ4n) is 3.60. The van der Waals surface area contributed by atoms with E-state index in [0.717, 1.165) is 16.5 Å². The molecule has 29 heavy (non-hydrogen) atoms. The van der Waals surface area contributed by atoms with Crippen LogP contribution in [0.2, 0.25) is 0 Å². The zero-order valence-electron chi connectivity index (χ0n) is 15.6. The van der Waals surface area contributed by atoms with E-state index in [-0.39, 0.29) is 6.10 Å². The molecule has 5 rings (SSSR count). The van der Waals surface area contributed by atoms with Crippen molar-refractivity contribution in [3.05, 3.63) is 66.6 Å². The van der Waals surface area contributed by atoms with E-state index < -0.39 is 11.9 Å². The summed E-state index contributed by atoms with van der Waals surface area (Å²) in [4.78, 5) is 18.1. The summed E-state index contributed by atoms with van der Waals surface area (Å²) in [6, 6.07) is 6.86. The Balaban J connectivity index is 1.44. The number of halogens is 1. The van der Waals surface area contributed by atoms with E-state index in [2.05, 4.69) is 15.3 Å². The molecule has 1 amide bonds. The lowest BCUT2D eigenvalue weighted by Crippen LogP contribution is -2.27. The molecule has 4 heterocycles. The van der Waals surface area contributed by atoms with Gasteiger partial charge in [0.1, 0.15) is 11.9 Å². The Morgan fingerprint density at radius 3 is 2.93 bits per heavy atom. The molecule has 0 saturated carbocycles. The molecular weight excluding hydrogens is 375 g/mol. The second kappa shape index (κ2) is 6.69. The van der Waals surface area contributed by atoms with Crippen LogP contribution in [0.1, 0.15) is 5.56 Å². The Labute approximate surface area is 165 Å². The molecule has 0 unspecified atom stereocenters. The molecule has 146 valence electrons. The number of amides is 1. The molecule has 1 aliphatic rings. The van der Waals surface area contributed by atoms with Gasteiger partial charge >= 0.3 is 6.09 Å². The maximum absolute atomic E-state index is 15.0. The molecule has 1 saturated heterocycles. The van der Waals surface area contributed by atoms with Gasteiger partial charge in [0, 0.05) is 36.2 Å². The van der Waals surface area contributed by atoms with Crippen LogP contribution < -0.4 is 4.90 Å². The number of cyclic esters (lactones) is 1. The lowest BCUT2D eigenvalue weighted by atomic mass is 10.1. The number of ether oxygens (including phenoxy) is 1. The third kappa shape index (κ3) is 3.10. The number of carbonyl (C=O) groups excluding carboxylic acids is 1. The van der Waals surface area contributed by atoms with Crippen LogP contribution >= 0.6 is 0 Å². The fraction of sp³-hybridized carbons (Fsp3) is 0.200. The van der Waals surface area contributed by atoms with Crippen molar-refractivity contribution < 1.29 is 13.9 Å². The maximum atomic E-state index is 15.0. The molecule has 3 aromatic heterocycles.